The van der Waals surface area contributed by atoms with Crippen molar-refractivity contribution in [2.75, 3.05) is 58.8 Å². The van der Waals surface area contributed by atoms with Gasteiger partial charge in [-0.1, -0.05) is 138 Å². The number of nitrogens with one attached hydrogen (secondary N) is 10. The number of likely N-dealkylation sites (N-methyl/N-ethyl adjacent to an activating group) is 3. The van der Waals surface area contributed by atoms with E-state index in [-0.39, 0.29) is 107 Å². The normalized spacial score (nSPS) is 16.0. The van der Waals surface area contributed by atoms with Crippen molar-refractivity contribution in [2.45, 2.75) is 228 Å². The van der Waals surface area contributed by atoms with Crippen LogP contribution in [0.3, 0.4) is 0 Å². The fourth-order valence-electron chi connectivity index (χ4n) is 16.6. The lowest BCUT2D eigenvalue weighted by atomic mass is 9.98. The molecule has 2 saturated heterocycles. The predicted molar refractivity (Wildman–Crippen MR) is 510 cm³/mol. The molecular weight excluding hydrogens is 1820 g/mol. The zero-order valence-electron chi connectivity index (χ0n) is 79.1. The Morgan fingerprint density at radius 3 is 1.75 bits per heavy atom. The Morgan fingerprint density at radius 2 is 1.14 bits per heavy atom. The van der Waals surface area contributed by atoms with Crippen LogP contribution in [0.5, 0.6) is 5.75 Å². The average molecular weight is 1950 g/mol. The molecule has 37 nitrogen and oxygen atoms in total. The molecule has 0 radical (unpaired) electrons. The summed E-state index contributed by atoms with van der Waals surface area (Å²) >= 11 is 0.653. The van der Waals surface area contributed by atoms with Crippen LogP contribution in [0.25, 0.3) is 10.9 Å². The van der Waals surface area contributed by atoms with Crippen LogP contribution in [0.15, 0.2) is 128 Å². The van der Waals surface area contributed by atoms with Crippen molar-refractivity contribution in [1.29, 1.82) is 0 Å². The van der Waals surface area contributed by atoms with Crippen molar-refractivity contribution >= 4 is 124 Å². The molecule has 1 unspecified atom stereocenters. The number of hydrogen-bond acceptors (Lipinski definition) is 21. The number of aromatic amines is 1. The number of phenols is 1. The van der Waals surface area contributed by atoms with Gasteiger partial charge >= 0.3 is 5.97 Å². The number of aldehydes is 1. The molecule has 5 aromatic carbocycles. The number of aliphatic carboxylic acids is 1. The molecule has 0 aliphatic carbocycles. The first-order chi connectivity index (χ1) is 66.2. The number of likely N-dealkylation sites (tertiary alicyclic amines) is 2. The number of carbonyl (C=O) groups excluding carboxylic acids is 16. The summed E-state index contributed by atoms with van der Waals surface area (Å²) in [5.41, 5.74) is 20.4. The Hall–Kier alpha value is -13.8. The maximum absolute atomic E-state index is 15.8. The number of carboxylic acids is 1. The number of terminal acetylenes is 1. The minimum atomic E-state index is -1.91. The number of aromatic hydroxyl groups is 1. The van der Waals surface area contributed by atoms with Gasteiger partial charge in [-0.05, 0) is 134 Å². The number of nitrogens with two attached hydrogens (primary N) is 3. The molecular formula is C98H127F3N18O19S. The zero-order chi connectivity index (χ0) is 102. The minimum absolute atomic E-state index is 0.0344. The quantitative estimate of drug-likeness (QED) is 0.0148. The number of halogens is 3. The summed E-state index contributed by atoms with van der Waals surface area (Å²) < 4.78 is 45.3. The molecule has 1 aromatic heterocycles. The van der Waals surface area contributed by atoms with Crippen LogP contribution >= 0.6 is 11.8 Å². The van der Waals surface area contributed by atoms with Crippen molar-refractivity contribution in [1.82, 2.24) is 77.3 Å². The highest BCUT2D eigenvalue weighted by Gasteiger charge is 2.46. The Balaban J connectivity index is 1.03. The van der Waals surface area contributed by atoms with E-state index in [0.29, 0.717) is 78.1 Å². The number of fused-ring (bicyclic) bond motifs is 1. The monoisotopic (exact) mass is 1950 g/mol. The summed E-state index contributed by atoms with van der Waals surface area (Å²) in [6.45, 7) is 7.86. The van der Waals surface area contributed by atoms with E-state index in [1.165, 1.54) is 55.2 Å². The molecule has 139 heavy (non-hydrogen) atoms. The van der Waals surface area contributed by atoms with Gasteiger partial charge in [-0.25, -0.2) is 13.2 Å². The Morgan fingerprint density at radius 1 is 0.576 bits per heavy atom. The standard InChI is InChI=1S/C98H127F3N18O19S/c1-10-12-33-78(97(137)119-41-23-34-77(119)92(132)112-74(50-83(124)125)91(131)114-85(57(5)6)98(138)116(8)79(47-58-25-15-13-16-26-58)93(133)109-71(32-21-39-102)95(135)118-40-22-29-63(118)53-120)115(7)96(136)80(48-59-27-17-14-18-28-59)117(9)94(134)75(46-61-43-66(99)84(101)67(100)44-61)108-82(123)55-139-54-76(88(128)106-52-81(122)107-70(24-11-2)86(104)126)113-89(129)72(42-56(3)4)111-90(130)73(45-60-35-37-64(121)38-36-60)110-87(127)68(103)49-62-51-105-69-31-20-19-30-65(62)69/h2,13-20,25-28,30-31,35-38,43-44,51,53,56-57,63,68,70-80,85,105,121H,10,12,21-24,29,32-34,39-42,45-50,52,54-55,102-103H2,1,3-9H3,(H2,104,126)(H,106,128)(H,107,122)(H,108,123)(H,109,133)(H,110,127)(H,111,130)(H,112,132)(H,113,129)(H,114,131)(H,124,125)/t63-,68+,70+,71+,72+,73+,74+,75+,76+,77-,78+,79?,80+,85+/m1/s1. The lowest BCUT2D eigenvalue weighted by Crippen LogP contribution is -2.61. The maximum Gasteiger partial charge on any atom is 0.305 e. The van der Waals surface area contributed by atoms with Crippen LogP contribution in [-0.4, -0.2) is 284 Å². The Bertz CT molecular complexity index is 5340. The molecule has 41 heteroatoms. The van der Waals surface area contributed by atoms with Gasteiger partial charge in [-0.15, -0.1) is 24.1 Å². The number of hydrogen-bond donors (Lipinski definition) is 15. The summed E-state index contributed by atoms with van der Waals surface area (Å²) in [4.78, 5) is 252. The number of primary amides is 1. The van der Waals surface area contributed by atoms with Crippen molar-refractivity contribution in [3.05, 3.63) is 173 Å². The number of phenolic OH excluding ortho intramolecular Hbond substituents is 1. The van der Waals surface area contributed by atoms with Gasteiger partial charge in [0, 0.05) is 89.2 Å². The average Bonchev–Trinajstić information content (AvgIpc) is 1.72. The van der Waals surface area contributed by atoms with Crippen molar-refractivity contribution in [2.24, 2.45) is 29.0 Å². The fourth-order valence-corrected chi connectivity index (χ4v) is 17.5. The summed E-state index contributed by atoms with van der Waals surface area (Å²) in [7, 11) is 3.79. The van der Waals surface area contributed by atoms with E-state index in [4.69, 9.17) is 23.6 Å². The fraction of sp³-hybridized carbons (Fsp3) is 0.480. The number of thioether (sulfide) groups is 1. The van der Waals surface area contributed by atoms with Crippen LogP contribution in [0.2, 0.25) is 0 Å². The molecule has 6 aromatic rings. The van der Waals surface area contributed by atoms with E-state index in [2.05, 4.69) is 58.8 Å². The second kappa shape index (κ2) is 53.8. The molecule has 0 bridgehead atoms. The van der Waals surface area contributed by atoms with E-state index < -0.39 is 233 Å². The molecule has 0 saturated carbocycles. The number of para-hydroxylation sites is 1. The number of amides is 15. The highest BCUT2D eigenvalue weighted by atomic mass is 32.2. The number of unbranched alkanes of at least 4 members (excludes halogenated alkanes) is 1. The number of carbonyl (C=O) groups is 17. The number of benzene rings is 5. The van der Waals surface area contributed by atoms with Crippen molar-refractivity contribution in [3.63, 3.8) is 0 Å². The van der Waals surface area contributed by atoms with Crippen LogP contribution in [0.1, 0.15) is 139 Å². The summed E-state index contributed by atoms with van der Waals surface area (Å²) in [5.74, 6) is -20.8. The first-order valence-electron chi connectivity index (χ1n) is 46.2. The summed E-state index contributed by atoms with van der Waals surface area (Å²) in [5, 5.41) is 44.3. The number of nitrogens with zero attached hydrogens (tertiary/aromatic N) is 5. The summed E-state index contributed by atoms with van der Waals surface area (Å²) in [6, 6.07) is 10.8. The molecule has 15 amide bonds. The van der Waals surface area contributed by atoms with E-state index in [1.54, 1.807) is 101 Å². The zero-order valence-corrected chi connectivity index (χ0v) is 79.9. The van der Waals surface area contributed by atoms with Gasteiger partial charge in [-0.2, -0.15) is 0 Å². The molecule has 2 fully saturated rings. The molecule has 14 atom stereocenters. The van der Waals surface area contributed by atoms with Gasteiger partial charge in [-0.3, -0.25) is 76.7 Å². The second-order valence-electron chi connectivity index (χ2n) is 35.6. The van der Waals surface area contributed by atoms with Gasteiger partial charge < -0.3 is 110 Å². The molecule has 8 rings (SSSR count). The smallest absolute Gasteiger partial charge is 0.305 e. The minimum Gasteiger partial charge on any atom is -0.508 e. The Labute approximate surface area is 808 Å². The van der Waals surface area contributed by atoms with E-state index >= 15 is 23.2 Å². The molecule has 750 valence electrons. The molecule has 2 aliphatic heterocycles. The van der Waals surface area contributed by atoms with Gasteiger partial charge in [0.2, 0.25) is 88.6 Å². The van der Waals surface area contributed by atoms with Crippen LogP contribution in [-0.2, 0) is 114 Å². The number of carboxylic acid groups (broad SMARTS) is 1. The molecule has 3 heterocycles. The topological polar surface area (TPSA) is 549 Å². The molecule has 18 N–H and O–H groups in total. The molecule has 0 spiro atoms. The van der Waals surface area contributed by atoms with Crippen LogP contribution < -0.4 is 65.1 Å². The second-order valence-corrected chi connectivity index (χ2v) is 36.6. The number of rotatable bonds is 53. The third-order valence-corrected chi connectivity index (χ3v) is 25.4. The van der Waals surface area contributed by atoms with Gasteiger partial charge in [0.05, 0.1) is 30.8 Å². The number of H-pyrrole nitrogens is 1. The Kier molecular flexibility index (Phi) is 42.8. The highest BCUT2D eigenvalue weighted by Crippen LogP contribution is 2.28. The van der Waals surface area contributed by atoms with Crippen LogP contribution in [0.4, 0.5) is 13.2 Å². The highest BCUT2D eigenvalue weighted by molar-refractivity contribution is 8.00. The number of aromatic nitrogens is 1. The lowest BCUT2D eigenvalue weighted by Gasteiger charge is -2.38. The van der Waals surface area contributed by atoms with Crippen molar-refractivity contribution in [3.8, 4) is 18.1 Å². The lowest BCUT2D eigenvalue weighted by molar-refractivity contribution is -0.152. The first kappa shape index (κ1) is 111. The van der Waals surface area contributed by atoms with Gasteiger partial charge in [0.25, 0.3) is 0 Å². The third kappa shape index (κ3) is 32.2. The summed E-state index contributed by atoms with van der Waals surface area (Å²) in [6.07, 6.45) is 7.12. The molecule has 2 aliphatic rings. The van der Waals surface area contributed by atoms with Crippen LogP contribution in [0, 0.1) is 41.6 Å². The van der Waals surface area contributed by atoms with Gasteiger partial charge in [0.1, 0.15) is 84.5 Å². The SMILES string of the molecule is C#CC[C@H](NC(=O)CNC(=O)[C@H](CSCC(=O)N[C@@H](Cc1cc(F)c(F)c(F)c1)C(=O)N(C)[C@@H](Cc1ccccc1)C(=O)N(C)[C@@H](CCCC)C(=O)N1CCC[C@@H]1C(=O)N[C@@H](CC(=O)O)C(=O)N[C@H](C(=O)N(C)C(Cc1ccccc1)C(=O)N[C@@H](CCCN)C(=O)N1CCC[C@@H]1C=O)C(C)C)NC(=O)[C@H](CC(C)C)NC(=O)[C@H](Cc1ccc(O)cc1)NC(=O)[C@@H](N)Cc1c[nH]c2ccccc12)C(N)=O. The van der Waals surface area contributed by atoms with E-state index in [0.717, 1.165) is 25.6 Å². The first-order valence-corrected chi connectivity index (χ1v) is 47.4. The maximum atomic E-state index is 15.8. The van der Waals surface area contributed by atoms with Gasteiger partial charge in [0.15, 0.2) is 17.5 Å². The van der Waals surface area contributed by atoms with E-state index in [9.17, 15) is 81.7 Å². The third-order valence-electron chi connectivity index (χ3n) is 24.3. The van der Waals surface area contributed by atoms with E-state index in [1.807, 2.05) is 24.3 Å². The predicted octanol–water partition coefficient (Wildman–Crippen LogP) is 2.14. The largest absolute Gasteiger partial charge is 0.508 e. The van der Waals surface area contributed by atoms with Crippen molar-refractivity contribution < 1.29 is 105 Å².